The summed E-state index contributed by atoms with van der Waals surface area (Å²) in [4.78, 5) is 27.6. The number of esters is 1. The van der Waals surface area contributed by atoms with E-state index in [0.717, 1.165) is 17.4 Å². The van der Waals surface area contributed by atoms with Crippen molar-refractivity contribution in [2.45, 2.75) is 104 Å². The third-order valence-corrected chi connectivity index (χ3v) is 7.12. The van der Waals surface area contributed by atoms with Crippen LogP contribution in [0.25, 0.3) is 0 Å². The molecule has 0 radical (unpaired) electrons. The van der Waals surface area contributed by atoms with Crippen LogP contribution in [0.15, 0.2) is 24.3 Å². The van der Waals surface area contributed by atoms with Gasteiger partial charge in [0.15, 0.2) is 0 Å². The van der Waals surface area contributed by atoms with Gasteiger partial charge in [0.05, 0.1) is 17.1 Å². The van der Waals surface area contributed by atoms with Crippen LogP contribution in [0.2, 0.25) is 0 Å². The summed E-state index contributed by atoms with van der Waals surface area (Å²) >= 11 is 0. The minimum atomic E-state index is -0.584. The molecular formula is C28H44BNO6. The molecule has 0 unspecified atom stereocenters. The highest BCUT2D eigenvalue weighted by Gasteiger charge is 2.51. The standard InChI is InChI=1S/C28H44BNO6/c1-25(2,3)33-23(31)22(20-15-16-30(18-20)24(32)34-26(4,5)6)17-19-11-13-21(14-12-19)29-35-27(7,8)28(9,10)36-29/h11-14,20,22H,15-18H2,1-10H3/t20-,22-/m0/s1. The third kappa shape index (κ3) is 7.03. The van der Waals surface area contributed by atoms with Gasteiger partial charge in [0, 0.05) is 13.1 Å². The minimum absolute atomic E-state index is 0.00450. The summed E-state index contributed by atoms with van der Waals surface area (Å²) in [6, 6.07) is 8.06. The summed E-state index contributed by atoms with van der Waals surface area (Å²) in [6.45, 7) is 20.4. The molecule has 2 fully saturated rings. The number of carbonyl (C=O) groups excluding carboxylic acids is 2. The fourth-order valence-electron chi connectivity index (χ4n) is 4.47. The van der Waals surface area contributed by atoms with Gasteiger partial charge in [0.25, 0.3) is 0 Å². The van der Waals surface area contributed by atoms with Crippen LogP contribution >= 0.6 is 0 Å². The van der Waals surface area contributed by atoms with Crippen molar-refractivity contribution in [3.63, 3.8) is 0 Å². The van der Waals surface area contributed by atoms with Crippen molar-refractivity contribution < 1.29 is 28.4 Å². The monoisotopic (exact) mass is 501 g/mol. The Morgan fingerprint density at radius 2 is 1.50 bits per heavy atom. The summed E-state index contributed by atoms with van der Waals surface area (Å²) in [5.74, 6) is -0.594. The molecule has 0 spiro atoms. The predicted molar refractivity (Wildman–Crippen MR) is 141 cm³/mol. The Morgan fingerprint density at radius 3 is 2.00 bits per heavy atom. The predicted octanol–water partition coefficient (Wildman–Crippen LogP) is 4.74. The summed E-state index contributed by atoms with van der Waals surface area (Å²) in [5, 5.41) is 0. The molecule has 0 saturated carbocycles. The quantitative estimate of drug-likeness (QED) is 0.429. The Balaban J connectivity index is 1.74. The molecule has 1 aromatic rings. The van der Waals surface area contributed by atoms with Crippen LogP contribution in [0.1, 0.15) is 81.2 Å². The molecule has 2 aliphatic rings. The Labute approximate surface area is 217 Å². The molecule has 0 bridgehead atoms. The number of benzene rings is 1. The van der Waals surface area contributed by atoms with Crippen molar-refractivity contribution in [3.05, 3.63) is 29.8 Å². The van der Waals surface area contributed by atoms with E-state index in [1.165, 1.54) is 0 Å². The topological polar surface area (TPSA) is 74.3 Å². The van der Waals surface area contributed by atoms with Gasteiger partial charge in [-0.05, 0) is 99.0 Å². The maximum Gasteiger partial charge on any atom is 0.494 e. The van der Waals surface area contributed by atoms with E-state index in [4.69, 9.17) is 18.8 Å². The van der Waals surface area contributed by atoms with Crippen LogP contribution in [-0.2, 0) is 30.0 Å². The maximum atomic E-state index is 13.3. The molecule has 2 atom stereocenters. The molecule has 0 aromatic heterocycles. The SMILES string of the molecule is CC(C)(C)OC(=O)[C@@H](Cc1ccc(B2OC(C)(C)C(C)(C)O2)cc1)[C@H]1CCN(C(=O)OC(C)(C)C)C1. The van der Waals surface area contributed by atoms with Crippen molar-refractivity contribution in [1.82, 2.24) is 4.90 Å². The maximum absolute atomic E-state index is 13.3. The van der Waals surface area contributed by atoms with Gasteiger partial charge in [-0.2, -0.15) is 0 Å². The lowest BCUT2D eigenvalue weighted by atomic mass is 9.78. The van der Waals surface area contributed by atoms with Crippen molar-refractivity contribution in [3.8, 4) is 0 Å². The molecule has 1 amide bonds. The Kier molecular flexibility index (Phi) is 7.93. The van der Waals surface area contributed by atoms with Crippen LogP contribution in [0.4, 0.5) is 4.79 Å². The van der Waals surface area contributed by atoms with Gasteiger partial charge in [0.2, 0.25) is 0 Å². The lowest BCUT2D eigenvalue weighted by molar-refractivity contribution is -0.161. The van der Waals surface area contributed by atoms with Crippen LogP contribution in [0, 0.1) is 11.8 Å². The molecule has 2 saturated heterocycles. The highest BCUT2D eigenvalue weighted by atomic mass is 16.7. The van der Waals surface area contributed by atoms with Crippen molar-refractivity contribution in [1.29, 1.82) is 0 Å². The number of amides is 1. The van der Waals surface area contributed by atoms with Crippen LogP contribution in [0.5, 0.6) is 0 Å². The summed E-state index contributed by atoms with van der Waals surface area (Å²) < 4.78 is 23.7. The number of hydrogen-bond acceptors (Lipinski definition) is 6. The zero-order valence-electron chi connectivity index (χ0n) is 23.8. The van der Waals surface area contributed by atoms with Gasteiger partial charge < -0.3 is 23.7 Å². The van der Waals surface area contributed by atoms with E-state index in [9.17, 15) is 9.59 Å². The number of nitrogens with zero attached hydrogens (tertiary/aromatic N) is 1. The Hall–Kier alpha value is -2.06. The van der Waals surface area contributed by atoms with Gasteiger partial charge in [-0.1, -0.05) is 24.3 Å². The normalized spacial score (nSPS) is 22.4. The van der Waals surface area contributed by atoms with Crippen LogP contribution in [-0.4, -0.2) is 59.6 Å². The van der Waals surface area contributed by atoms with Gasteiger partial charge in [0.1, 0.15) is 11.2 Å². The van der Waals surface area contributed by atoms with E-state index in [2.05, 4.69) is 0 Å². The molecule has 7 nitrogen and oxygen atoms in total. The second-order valence-corrected chi connectivity index (χ2v) is 13.1. The number of rotatable bonds is 5. The summed E-state index contributed by atoms with van der Waals surface area (Å²) in [7, 11) is -0.428. The van der Waals surface area contributed by atoms with E-state index in [0.29, 0.717) is 19.5 Å². The Bertz CT molecular complexity index is 928. The molecule has 36 heavy (non-hydrogen) atoms. The smallest absolute Gasteiger partial charge is 0.460 e. The summed E-state index contributed by atoms with van der Waals surface area (Å²) in [5.41, 5.74) is 0.0318. The molecule has 200 valence electrons. The highest BCUT2D eigenvalue weighted by molar-refractivity contribution is 6.62. The molecule has 2 heterocycles. The first kappa shape index (κ1) is 28.5. The highest BCUT2D eigenvalue weighted by Crippen LogP contribution is 2.36. The third-order valence-electron chi connectivity index (χ3n) is 7.12. The number of likely N-dealkylation sites (tertiary alicyclic amines) is 1. The molecule has 0 aliphatic carbocycles. The van der Waals surface area contributed by atoms with E-state index >= 15 is 0 Å². The molecule has 2 aliphatic heterocycles. The second kappa shape index (κ2) is 10.0. The van der Waals surface area contributed by atoms with Crippen molar-refractivity contribution >= 4 is 24.6 Å². The number of carbonyl (C=O) groups is 2. The lowest BCUT2D eigenvalue weighted by Crippen LogP contribution is -2.41. The van der Waals surface area contributed by atoms with Gasteiger partial charge in [-0.25, -0.2) is 4.79 Å². The Morgan fingerprint density at radius 1 is 0.972 bits per heavy atom. The molecule has 1 aromatic carbocycles. The largest absolute Gasteiger partial charge is 0.494 e. The first-order valence-corrected chi connectivity index (χ1v) is 13.0. The first-order valence-electron chi connectivity index (χ1n) is 13.0. The van der Waals surface area contributed by atoms with E-state index in [1.807, 2.05) is 93.5 Å². The van der Waals surface area contributed by atoms with Gasteiger partial charge in [-0.15, -0.1) is 0 Å². The van der Waals surface area contributed by atoms with Gasteiger partial charge in [-0.3, -0.25) is 4.79 Å². The number of ether oxygens (including phenoxy) is 2. The first-order chi connectivity index (χ1) is 16.4. The van der Waals surface area contributed by atoms with Crippen molar-refractivity contribution in [2.75, 3.05) is 13.1 Å². The molecular weight excluding hydrogens is 457 g/mol. The van der Waals surface area contributed by atoms with Gasteiger partial charge >= 0.3 is 19.2 Å². The van der Waals surface area contributed by atoms with Crippen LogP contribution < -0.4 is 5.46 Å². The molecule has 3 rings (SSSR count). The van der Waals surface area contributed by atoms with E-state index in [1.54, 1.807) is 4.90 Å². The van der Waals surface area contributed by atoms with Crippen molar-refractivity contribution in [2.24, 2.45) is 11.8 Å². The zero-order valence-corrected chi connectivity index (χ0v) is 23.8. The average Bonchev–Trinajstić information content (AvgIpc) is 3.26. The lowest BCUT2D eigenvalue weighted by Gasteiger charge is -2.32. The number of hydrogen-bond donors (Lipinski definition) is 0. The minimum Gasteiger partial charge on any atom is -0.460 e. The van der Waals surface area contributed by atoms with Crippen LogP contribution in [0.3, 0.4) is 0 Å². The van der Waals surface area contributed by atoms with E-state index in [-0.39, 0.29) is 23.9 Å². The molecule has 8 heteroatoms. The zero-order chi connectivity index (χ0) is 27.1. The average molecular weight is 501 g/mol. The second-order valence-electron chi connectivity index (χ2n) is 13.1. The summed E-state index contributed by atoms with van der Waals surface area (Å²) in [6.07, 6.45) is 0.931. The fraction of sp³-hybridized carbons (Fsp3) is 0.714. The molecule has 0 N–H and O–H groups in total. The fourth-order valence-corrected chi connectivity index (χ4v) is 4.47. The van der Waals surface area contributed by atoms with E-state index < -0.39 is 29.5 Å².